The van der Waals surface area contributed by atoms with Crippen LogP contribution in [-0.4, -0.2) is 58.9 Å². The van der Waals surface area contributed by atoms with Crippen molar-refractivity contribution in [1.29, 1.82) is 0 Å². The maximum absolute atomic E-state index is 12.0. The van der Waals surface area contributed by atoms with Crippen LogP contribution in [0.25, 0.3) is 0 Å². The second-order valence-electron chi connectivity index (χ2n) is 6.45. The number of anilines is 3. The van der Waals surface area contributed by atoms with E-state index in [1.165, 1.54) is 0 Å². The summed E-state index contributed by atoms with van der Waals surface area (Å²) in [4.78, 5) is 24.9. The lowest BCUT2D eigenvalue weighted by Gasteiger charge is -2.35. The molecule has 1 saturated heterocycles. The van der Waals surface area contributed by atoms with Crippen LogP contribution in [0.1, 0.15) is 0 Å². The summed E-state index contributed by atoms with van der Waals surface area (Å²) in [6.45, 7) is 3.12. The number of nitrogens with zero attached hydrogens (tertiary/aromatic N) is 6. The number of para-hydroxylation sites is 1. The first-order valence-electron chi connectivity index (χ1n) is 9.36. The predicted octanol–water partition coefficient (Wildman–Crippen LogP) is 1.61. The largest absolute Gasteiger partial charge is 0.484 e. The van der Waals surface area contributed by atoms with Crippen LogP contribution in [0.5, 0.6) is 5.75 Å². The summed E-state index contributed by atoms with van der Waals surface area (Å²) in [5.74, 6) is 2.27. The zero-order valence-corrected chi connectivity index (χ0v) is 15.8. The molecule has 0 bridgehead atoms. The van der Waals surface area contributed by atoms with Gasteiger partial charge in [0.25, 0.3) is 5.91 Å². The lowest BCUT2D eigenvalue weighted by molar-refractivity contribution is -0.118. The fraction of sp³-hybridized carbons (Fsp3) is 0.250. The van der Waals surface area contributed by atoms with Gasteiger partial charge in [-0.05, 0) is 30.3 Å². The van der Waals surface area contributed by atoms with E-state index in [0.717, 1.165) is 37.9 Å². The summed E-state index contributed by atoms with van der Waals surface area (Å²) < 4.78 is 5.42. The van der Waals surface area contributed by atoms with E-state index in [1.807, 2.05) is 30.3 Å². The highest BCUT2D eigenvalue weighted by Crippen LogP contribution is 2.16. The van der Waals surface area contributed by atoms with Crippen LogP contribution in [-0.2, 0) is 4.79 Å². The molecule has 1 N–H and O–H groups in total. The summed E-state index contributed by atoms with van der Waals surface area (Å²) in [5.41, 5.74) is 0. The molecule has 3 heterocycles. The number of piperazine rings is 1. The van der Waals surface area contributed by atoms with Crippen LogP contribution in [0.3, 0.4) is 0 Å². The van der Waals surface area contributed by atoms with E-state index < -0.39 is 0 Å². The summed E-state index contributed by atoms with van der Waals surface area (Å²) in [6, 6.07) is 14.6. The topological polar surface area (TPSA) is 96.4 Å². The smallest absolute Gasteiger partial charge is 0.263 e. The summed E-state index contributed by atoms with van der Waals surface area (Å²) >= 11 is 0. The summed E-state index contributed by atoms with van der Waals surface area (Å²) in [5, 5.41) is 11.0. The molecule has 0 spiro atoms. The number of carbonyl (C=O) groups excluding carboxylic acids is 1. The maximum Gasteiger partial charge on any atom is 0.263 e. The number of hydrogen-bond donors (Lipinski definition) is 1. The SMILES string of the molecule is O=C(COc1ccccc1)Nc1ccc(N2CCN(c3ncccn3)CC2)nn1. The number of carbonyl (C=O) groups is 1. The van der Waals surface area contributed by atoms with Crippen molar-refractivity contribution in [3.8, 4) is 5.75 Å². The van der Waals surface area contributed by atoms with Gasteiger partial charge in [-0.2, -0.15) is 0 Å². The van der Waals surface area contributed by atoms with Gasteiger partial charge in [0.05, 0.1) is 0 Å². The Morgan fingerprint density at radius 1 is 0.897 bits per heavy atom. The molecule has 0 saturated carbocycles. The van der Waals surface area contributed by atoms with E-state index in [1.54, 1.807) is 30.6 Å². The van der Waals surface area contributed by atoms with Gasteiger partial charge in [-0.1, -0.05) is 18.2 Å². The highest BCUT2D eigenvalue weighted by atomic mass is 16.5. The van der Waals surface area contributed by atoms with Crippen molar-refractivity contribution in [1.82, 2.24) is 20.2 Å². The van der Waals surface area contributed by atoms with Crippen molar-refractivity contribution in [3.63, 3.8) is 0 Å². The molecule has 1 aliphatic heterocycles. The van der Waals surface area contributed by atoms with Gasteiger partial charge in [0.2, 0.25) is 5.95 Å². The number of benzene rings is 1. The van der Waals surface area contributed by atoms with Crippen molar-refractivity contribution in [3.05, 3.63) is 60.9 Å². The van der Waals surface area contributed by atoms with Crippen LogP contribution in [0.15, 0.2) is 60.9 Å². The fourth-order valence-corrected chi connectivity index (χ4v) is 3.00. The molecule has 0 unspecified atom stereocenters. The van der Waals surface area contributed by atoms with Crippen molar-refractivity contribution in [2.75, 3.05) is 47.9 Å². The first-order chi connectivity index (χ1) is 14.3. The first-order valence-corrected chi connectivity index (χ1v) is 9.36. The van der Waals surface area contributed by atoms with Gasteiger partial charge in [0, 0.05) is 38.6 Å². The third kappa shape index (κ3) is 4.95. The molecule has 148 valence electrons. The third-order valence-corrected chi connectivity index (χ3v) is 4.47. The van der Waals surface area contributed by atoms with Gasteiger partial charge in [-0.15, -0.1) is 10.2 Å². The molecule has 1 fully saturated rings. The number of aromatic nitrogens is 4. The zero-order chi connectivity index (χ0) is 19.9. The lowest BCUT2D eigenvalue weighted by Crippen LogP contribution is -2.47. The number of amides is 1. The first kappa shape index (κ1) is 18.6. The average Bonchev–Trinajstić information content (AvgIpc) is 2.80. The zero-order valence-electron chi connectivity index (χ0n) is 15.8. The van der Waals surface area contributed by atoms with E-state index in [9.17, 15) is 4.79 Å². The Morgan fingerprint density at radius 3 is 2.31 bits per heavy atom. The Bertz CT molecular complexity index is 915. The Kier molecular flexibility index (Phi) is 5.75. The van der Waals surface area contributed by atoms with Crippen LogP contribution in [0.4, 0.5) is 17.6 Å². The third-order valence-electron chi connectivity index (χ3n) is 4.47. The van der Waals surface area contributed by atoms with Gasteiger partial charge in [-0.3, -0.25) is 4.79 Å². The molecule has 9 nitrogen and oxygen atoms in total. The molecule has 2 aromatic heterocycles. The summed E-state index contributed by atoms with van der Waals surface area (Å²) in [6.07, 6.45) is 3.50. The molecule has 1 aromatic carbocycles. The number of nitrogens with one attached hydrogen (secondary N) is 1. The molecule has 0 radical (unpaired) electrons. The quantitative estimate of drug-likeness (QED) is 0.677. The van der Waals surface area contributed by atoms with Gasteiger partial charge in [-0.25, -0.2) is 9.97 Å². The van der Waals surface area contributed by atoms with E-state index in [0.29, 0.717) is 11.6 Å². The molecule has 0 atom stereocenters. The van der Waals surface area contributed by atoms with Crippen LogP contribution >= 0.6 is 0 Å². The molecule has 29 heavy (non-hydrogen) atoms. The lowest BCUT2D eigenvalue weighted by atomic mass is 10.3. The monoisotopic (exact) mass is 391 g/mol. The van der Waals surface area contributed by atoms with Crippen molar-refractivity contribution in [2.45, 2.75) is 0 Å². The molecule has 0 aliphatic carbocycles. The molecule has 3 aromatic rings. The minimum atomic E-state index is -0.285. The Labute approximate surface area is 168 Å². The second-order valence-corrected chi connectivity index (χ2v) is 6.45. The van der Waals surface area contributed by atoms with Gasteiger partial charge in [0.15, 0.2) is 18.2 Å². The molecular weight excluding hydrogens is 370 g/mol. The Hall–Kier alpha value is -3.75. The van der Waals surface area contributed by atoms with Crippen LogP contribution < -0.4 is 19.9 Å². The molecule has 1 aliphatic rings. The Morgan fingerprint density at radius 2 is 1.62 bits per heavy atom. The normalized spacial score (nSPS) is 13.8. The standard InChI is InChI=1S/C20H21N7O2/c28-19(15-29-16-5-2-1-3-6-16)23-17-7-8-18(25-24-17)26-11-13-27(14-12-26)20-21-9-4-10-22-20/h1-10H,11-15H2,(H,23,24,28). The minimum Gasteiger partial charge on any atom is -0.484 e. The van der Waals surface area contributed by atoms with Gasteiger partial charge < -0.3 is 19.9 Å². The van der Waals surface area contributed by atoms with E-state index in [4.69, 9.17) is 4.74 Å². The molecule has 4 rings (SSSR count). The highest BCUT2D eigenvalue weighted by Gasteiger charge is 2.20. The van der Waals surface area contributed by atoms with E-state index in [-0.39, 0.29) is 12.5 Å². The van der Waals surface area contributed by atoms with Crippen molar-refractivity contribution >= 4 is 23.5 Å². The van der Waals surface area contributed by atoms with E-state index in [2.05, 4.69) is 35.3 Å². The maximum atomic E-state index is 12.0. The number of hydrogen-bond acceptors (Lipinski definition) is 8. The molecular formula is C20H21N7O2. The molecule has 1 amide bonds. The molecule has 9 heteroatoms. The van der Waals surface area contributed by atoms with Gasteiger partial charge >= 0.3 is 0 Å². The summed E-state index contributed by atoms with van der Waals surface area (Å²) in [7, 11) is 0. The predicted molar refractivity (Wildman–Crippen MR) is 109 cm³/mol. The van der Waals surface area contributed by atoms with Crippen molar-refractivity contribution < 1.29 is 9.53 Å². The highest BCUT2D eigenvalue weighted by molar-refractivity contribution is 5.90. The Balaban J connectivity index is 1.26. The van der Waals surface area contributed by atoms with Crippen LogP contribution in [0, 0.1) is 0 Å². The van der Waals surface area contributed by atoms with Crippen molar-refractivity contribution in [2.24, 2.45) is 0 Å². The van der Waals surface area contributed by atoms with Crippen LogP contribution in [0.2, 0.25) is 0 Å². The van der Waals surface area contributed by atoms with E-state index >= 15 is 0 Å². The minimum absolute atomic E-state index is 0.0863. The van der Waals surface area contributed by atoms with Gasteiger partial charge in [0.1, 0.15) is 5.75 Å². The average molecular weight is 391 g/mol. The fourth-order valence-electron chi connectivity index (χ4n) is 3.00. The second kappa shape index (κ2) is 8.96. The number of rotatable bonds is 6. The number of ether oxygens (including phenoxy) is 1.